The Hall–Kier alpha value is -2.12. The Labute approximate surface area is 141 Å². The summed E-state index contributed by atoms with van der Waals surface area (Å²) in [7, 11) is 0. The van der Waals surface area contributed by atoms with Crippen LogP contribution >= 0.6 is 0 Å². The van der Waals surface area contributed by atoms with E-state index >= 15 is 0 Å². The van der Waals surface area contributed by atoms with Crippen LogP contribution in [0.3, 0.4) is 0 Å². The third kappa shape index (κ3) is 3.37. The van der Waals surface area contributed by atoms with E-state index in [2.05, 4.69) is 5.32 Å². The van der Waals surface area contributed by atoms with Crippen molar-refractivity contribution in [3.8, 4) is 5.75 Å². The third-order valence-electron chi connectivity index (χ3n) is 4.71. The molecule has 132 valence electrons. The summed E-state index contributed by atoms with van der Waals surface area (Å²) in [5, 5.41) is 2.82. The lowest BCUT2D eigenvalue weighted by atomic mass is 9.54. The van der Waals surface area contributed by atoms with Crippen molar-refractivity contribution in [2.24, 2.45) is 16.9 Å². The first-order chi connectivity index (χ1) is 11.2. The van der Waals surface area contributed by atoms with Crippen molar-refractivity contribution in [3.63, 3.8) is 0 Å². The quantitative estimate of drug-likeness (QED) is 0.688. The fraction of sp³-hybridized carbons (Fsp3) is 0.529. The van der Waals surface area contributed by atoms with Crippen LogP contribution in [-0.2, 0) is 14.3 Å². The van der Waals surface area contributed by atoms with Gasteiger partial charge in [0.05, 0.1) is 6.10 Å². The van der Waals surface area contributed by atoms with Crippen molar-refractivity contribution < 1.29 is 19.1 Å². The highest BCUT2D eigenvalue weighted by Crippen LogP contribution is 2.50. The van der Waals surface area contributed by atoms with Crippen molar-refractivity contribution in [1.82, 2.24) is 0 Å². The molecule has 0 aromatic heterocycles. The predicted octanol–water partition coefficient (Wildman–Crippen LogP) is 1.02. The molecule has 1 aliphatic rings. The summed E-state index contributed by atoms with van der Waals surface area (Å²) >= 11 is 0. The Morgan fingerprint density at radius 3 is 2.67 bits per heavy atom. The summed E-state index contributed by atoms with van der Waals surface area (Å²) < 4.78 is 10.9. The zero-order valence-corrected chi connectivity index (χ0v) is 14.3. The van der Waals surface area contributed by atoms with Gasteiger partial charge in [0.25, 0.3) is 5.91 Å². The zero-order chi connectivity index (χ0) is 18.0. The zero-order valence-electron chi connectivity index (χ0n) is 14.3. The van der Waals surface area contributed by atoms with Crippen LogP contribution in [0.5, 0.6) is 5.75 Å². The van der Waals surface area contributed by atoms with Crippen LogP contribution in [0.25, 0.3) is 0 Å². The second-order valence-electron chi connectivity index (χ2n) is 6.58. The number of hydrogen-bond acceptors (Lipinski definition) is 5. The lowest BCUT2D eigenvalue weighted by molar-refractivity contribution is -0.166. The van der Waals surface area contributed by atoms with Gasteiger partial charge in [0.2, 0.25) is 5.91 Å². The minimum atomic E-state index is -1.00. The van der Waals surface area contributed by atoms with Gasteiger partial charge >= 0.3 is 0 Å². The van der Waals surface area contributed by atoms with Gasteiger partial charge < -0.3 is 26.3 Å². The number of primary amides is 1. The van der Waals surface area contributed by atoms with E-state index in [9.17, 15) is 9.59 Å². The van der Waals surface area contributed by atoms with Gasteiger partial charge in [0.1, 0.15) is 11.3 Å². The van der Waals surface area contributed by atoms with Crippen LogP contribution in [0.15, 0.2) is 24.3 Å². The fourth-order valence-corrected chi connectivity index (χ4v) is 2.88. The molecule has 7 heteroatoms. The van der Waals surface area contributed by atoms with Gasteiger partial charge in [-0.2, -0.15) is 0 Å². The minimum Gasteiger partial charge on any atom is -0.484 e. The number of anilines is 1. The van der Waals surface area contributed by atoms with Gasteiger partial charge in [-0.15, -0.1) is 0 Å². The van der Waals surface area contributed by atoms with Gasteiger partial charge in [0.15, 0.2) is 6.61 Å². The molecule has 1 aromatic carbocycles. The van der Waals surface area contributed by atoms with Gasteiger partial charge in [-0.1, -0.05) is 19.9 Å². The summed E-state index contributed by atoms with van der Waals surface area (Å²) in [6, 6.07) is 6.74. The van der Waals surface area contributed by atoms with Gasteiger partial charge in [-0.3, -0.25) is 9.59 Å². The van der Waals surface area contributed by atoms with E-state index in [0.29, 0.717) is 24.5 Å². The molecule has 0 aliphatic heterocycles. The summed E-state index contributed by atoms with van der Waals surface area (Å²) in [5.41, 5.74) is 10.5. The molecule has 1 aromatic rings. The molecule has 0 saturated heterocycles. The molecular formula is C17H25N3O4. The SMILES string of the molecule is CCOC1CC(N)(C(=O)Nc2cccc(OCC(N)=O)c2)C1(C)C. The van der Waals surface area contributed by atoms with Gasteiger partial charge in [0, 0.05) is 30.2 Å². The van der Waals surface area contributed by atoms with Crippen molar-refractivity contribution >= 4 is 17.5 Å². The lowest BCUT2D eigenvalue weighted by Gasteiger charge is -2.57. The lowest BCUT2D eigenvalue weighted by Crippen LogP contribution is -2.74. The Morgan fingerprint density at radius 1 is 1.38 bits per heavy atom. The highest BCUT2D eigenvalue weighted by atomic mass is 16.5. The van der Waals surface area contributed by atoms with Gasteiger partial charge in [-0.25, -0.2) is 0 Å². The monoisotopic (exact) mass is 335 g/mol. The first-order valence-electron chi connectivity index (χ1n) is 7.94. The Kier molecular flexibility index (Phi) is 5.15. The summed E-state index contributed by atoms with van der Waals surface area (Å²) in [6.07, 6.45) is 0.431. The summed E-state index contributed by atoms with van der Waals surface area (Å²) in [6.45, 7) is 6.15. The Balaban J connectivity index is 2.05. The van der Waals surface area contributed by atoms with Crippen molar-refractivity contribution in [2.45, 2.75) is 38.8 Å². The highest BCUT2D eigenvalue weighted by molar-refractivity contribution is 5.99. The van der Waals surface area contributed by atoms with E-state index in [0.717, 1.165) is 0 Å². The van der Waals surface area contributed by atoms with E-state index in [4.69, 9.17) is 20.9 Å². The molecule has 2 atom stereocenters. The highest BCUT2D eigenvalue weighted by Gasteiger charge is 2.62. The molecule has 1 aliphatic carbocycles. The average molecular weight is 335 g/mol. The van der Waals surface area contributed by atoms with E-state index < -0.39 is 16.9 Å². The topological polar surface area (TPSA) is 117 Å². The van der Waals surface area contributed by atoms with E-state index in [1.54, 1.807) is 24.3 Å². The molecule has 1 fully saturated rings. The normalized spacial score (nSPS) is 24.8. The first-order valence-corrected chi connectivity index (χ1v) is 7.94. The standard InChI is InChI=1S/C17H25N3O4/c1-4-23-13-9-17(19,16(13,2)3)15(22)20-11-6-5-7-12(8-11)24-10-14(18)21/h5-8,13H,4,9-10,19H2,1-3H3,(H2,18,21)(H,20,22). The molecule has 0 bridgehead atoms. The van der Waals surface area contributed by atoms with Crippen molar-refractivity contribution in [3.05, 3.63) is 24.3 Å². The molecule has 7 nitrogen and oxygen atoms in total. The number of nitrogens with one attached hydrogen (secondary N) is 1. The molecule has 2 rings (SSSR count). The maximum Gasteiger partial charge on any atom is 0.255 e. The number of rotatable bonds is 7. The molecule has 1 saturated carbocycles. The molecule has 24 heavy (non-hydrogen) atoms. The fourth-order valence-electron chi connectivity index (χ4n) is 2.88. The maximum absolute atomic E-state index is 12.7. The predicted molar refractivity (Wildman–Crippen MR) is 90.5 cm³/mol. The van der Waals surface area contributed by atoms with Gasteiger partial charge in [-0.05, 0) is 19.1 Å². The van der Waals surface area contributed by atoms with Crippen molar-refractivity contribution in [2.75, 3.05) is 18.5 Å². The molecule has 5 N–H and O–H groups in total. The third-order valence-corrected chi connectivity index (χ3v) is 4.71. The number of hydrogen-bond donors (Lipinski definition) is 3. The first kappa shape index (κ1) is 18.2. The maximum atomic E-state index is 12.7. The Morgan fingerprint density at radius 2 is 2.08 bits per heavy atom. The van der Waals surface area contributed by atoms with E-state index in [1.165, 1.54) is 0 Å². The second-order valence-corrected chi connectivity index (χ2v) is 6.58. The number of ether oxygens (including phenoxy) is 2. The van der Waals surface area contributed by atoms with Crippen LogP contribution in [-0.4, -0.2) is 36.7 Å². The number of amides is 2. The number of benzene rings is 1. The van der Waals surface area contributed by atoms with Crippen LogP contribution < -0.4 is 21.5 Å². The molecule has 0 heterocycles. The average Bonchev–Trinajstić information content (AvgIpc) is 2.52. The molecular weight excluding hydrogens is 310 g/mol. The largest absolute Gasteiger partial charge is 0.484 e. The van der Waals surface area contributed by atoms with Crippen LogP contribution in [0.1, 0.15) is 27.2 Å². The Bertz CT molecular complexity index is 632. The number of carbonyl (C=O) groups excluding carboxylic acids is 2. The molecule has 2 amide bonds. The van der Waals surface area contributed by atoms with Crippen LogP contribution in [0.4, 0.5) is 5.69 Å². The van der Waals surface area contributed by atoms with E-state index in [-0.39, 0.29) is 18.6 Å². The summed E-state index contributed by atoms with van der Waals surface area (Å²) in [5.74, 6) is -0.392. The molecule has 2 unspecified atom stereocenters. The second kappa shape index (κ2) is 6.78. The summed E-state index contributed by atoms with van der Waals surface area (Å²) in [4.78, 5) is 23.4. The van der Waals surface area contributed by atoms with Crippen molar-refractivity contribution in [1.29, 1.82) is 0 Å². The molecule has 0 spiro atoms. The van der Waals surface area contributed by atoms with E-state index in [1.807, 2.05) is 20.8 Å². The number of nitrogens with two attached hydrogens (primary N) is 2. The molecule has 0 radical (unpaired) electrons. The smallest absolute Gasteiger partial charge is 0.255 e. The van der Waals surface area contributed by atoms with Crippen LogP contribution in [0, 0.1) is 5.41 Å². The van der Waals surface area contributed by atoms with Crippen LogP contribution in [0.2, 0.25) is 0 Å². The minimum absolute atomic E-state index is 0.0384. The number of carbonyl (C=O) groups is 2.